The molecule has 8 nitrogen and oxygen atoms in total. The van der Waals surface area contributed by atoms with Gasteiger partial charge in [-0.3, -0.25) is 9.20 Å². The standard InChI is InChI=1S/C30H33N7OS/c1-19(31-12-15-36-13-6-7-14-36)27-28(38)21-16-20(32-18-26-34-22-8-2-3-9-23(22)35-26)17-33-29(21)37-24-10-4-5-11-25(24)39-30(27)37/h2-4,8-10,16-17,26,31-32,34-35H,1,5-7,11-15,18H2. The lowest BCUT2D eigenvalue weighted by Gasteiger charge is -2.17. The van der Waals surface area contributed by atoms with Crippen LogP contribution in [0.25, 0.3) is 27.6 Å². The molecular formula is C30H33N7OS. The van der Waals surface area contributed by atoms with Crippen LogP contribution in [0.3, 0.4) is 0 Å². The van der Waals surface area contributed by atoms with Crippen molar-refractivity contribution in [2.24, 2.45) is 0 Å². The van der Waals surface area contributed by atoms with Crippen molar-refractivity contribution in [3.8, 4) is 0 Å². The van der Waals surface area contributed by atoms with Crippen molar-refractivity contribution in [2.45, 2.75) is 31.8 Å². The van der Waals surface area contributed by atoms with Gasteiger partial charge in [0.15, 0.2) is 0 Å². The van der Waals surface area contributed by atoms with Crippen LogP contribution in [0.1, 0.15) is 35.4 Å². The fourth-order valence-corrected chi connectivity index (χ4v) is 7.21. The van der Waals surface area contributed by atoms with Gasteiger partial charge in [0.1, 0.15) is 16.6 Å². The third kappa shape index (κ3) is 4.45. The average Bonchev–Trinajstić information content (AvgIpc) is 3.70. The zero-order valence-electron chi connectivity index (χ0n) is 21.9. The molecule has 0 radical (unpaired) electrons. The number of likely N-dealkylation sites (tertiary alicyclic amines) is 1. The number of para-hydroxylation sites is 2. The second-order valence-corrected chi connectivity index (χ2v) is 11.6. The highest BCUT2D eigenvalue weighted by atomic mass is 32.1. The Balaban J connectivity index is 1.21. The number of hydrogen-bond donors (Lipinski definition) is 4. The first-order chi connectivity index (χ1) is 19.2. The largest absolute Gasteiger partial charge is 0.384 e. The molecule has 3 aromatic heterocycles. The van der Waals surface area contributed by atoms with Gasteiger partial charge in [-0.2, -0.15) is 0 Å². The Kier molecular flexibility index (Phi) is 6.25. The summed E-state index contributed by atoms with van der Waals surface area (Å²) < 4.78 is 2.16. The third-order valence-electron chi connectivity index (χ3n) is 7.89. The molecule has 39 heavy (non-hydrogen) atoms. The smallest absolute Gasteiger partial charge is 0.201 e. The fraction of sp³-hybridized carbons (Fsp3) is 0.333. The van der Waals surface area contributed by atoms with Gasteiger partial charge in [0, 0.05) is 23.7 Å². The normalized spacial score (nSPS) is 16.7. The van der Waals surface area contributed by atoms with E-state index in [-0.39, 0.29) is 11.6 Å². The molecule has 7 rings (SSSR count). The molecule has 0 amide bonds. The molecule has 0 atom stereocenters. The minimum atomic E-state index is -0.0214. The molecule has 1 aliphatic carbocycles. The Morgan fingerprint density at radius 3 is 2.77 bits per heavy atom. The number of anilines is 3. The minimum absolute atomic E-state index is 0.0214. The average molecular weight is 540 g/mol. The van der Waals surface area contributed by atoms with Crippen LogP contribution in [0.15, 0.2) is 54.0 Å². The van der Waals surface area contributed by atoms with Gasteiger partial charge in [-0.05, 0) is 63.0 Å². The number of aromatic nitrogens is 2. The summed E-state index contributed by atoms with van der Waals surface area (Å²) in [6.45, 7) is 9.02. The molecule has 1 saturated heterocycles. The van der Waals surface area contributed by atoms with Crippen molar-refractivity contribution in [3.63, 3.8) is 0 Å². The quantitative estimate of drug-likeness (QED) is 0.256. The third-order valence-corrected chi connectivity index (χ3v) is 9.13. The van der Waals surface area contributed by atoms with Crippen LogP contribution in [0.2, 0.25) is 0 Å². The van der Waals surface area contributed by atoms with Crippen molar-refractivity contribution >= 4 is 56.0 Å². The van der Waals surface area contributed by atoms with Gasteiger partial charge >= 0.3 is 0 Å². The van der Waals surface area contributed by atoms with Crippen LogP contribution in [0, 0.1) is 0 Å². The first-order valence-corrected chi connectivity index (χ1v) is 14.7. The van der Waals surface area contributed by atoms with Crippen molar-refractivity contribution < 1.29 is 0 Å². The van der Waals surface area contributed by atoms with E-state index in [0.29, 0.717) is 28.8 Å². The second kappa shape index (κ2) is 10.1. The van der Waals surface area contributed by atoms with Crippen LogP contribution >= 0.6 is 11.3 Å². The number of fused-ring (bicyclic) bond motifs is 6. The zero-order valence-corrected chi connectivity index (χ0v) is 22.7. The molecule has 4 N–H and O–H groups in total. The molecular weight excluding hydrogens is 506 g/mol. The monoisotopic (exact) mass is 539 g/mol. The highest BCUT2D eigenvalue weighted by Gasteiger charge is 2.23. The summed E-state index contributed by atoms with van der Waals surface area (Å²) in [5, 5.41) is 14.5. The van der Waals surface area contributed by atoms with Crippen LogP contribution in [0.5, 0.6) is 0 Å². The van der Waals surface area contributed by atoms with Crippen LogP contribution in [-0.2, 0) is 6.42 Å². The number of nitrogens with zero attached hydrogens (tertiary/aromatic N) is 3. The van der Waals surface area contributed by atoms with Crippen molar-refractivity contribution in [1.29, 1.82) is 0 Å². The summed E-state index contributed by atoms with van der Waals surface area (Å²) in [7, 11) is 0. The molecule has 5 heterocycles. The lowest BCUT2D eigenvalue weighted by Crippen LogP contribution is -2.31. The van der Waals surface area contributed by atoms with E-state index in [0.717, 1.165) is 66.6 Å². The van der Waals surface area contributed by atoms with Crippen LogP contribution < -0.4 is 26.7 Å². The second-order valence-electron chi connectivity index (χ2n) is 10.5. The first kappa shape index (κ1) is 24.2. The Morgan fingerprint density at radius 2 is 1.97 bits per heavy atom. The van der Waals surface area contributed by atoms with E-state index in [1.54, 1.807) is 11.3 Å². The van der Waals surface area contributed by atoms with Gasteiger partial charge in [0.05, 0.1) is 46.4 Å². The summed E-state index contributed by atoms with van der Waals surface area (Å²) in [6, 6.07) is 10.1. The van der Waals surface area contributed by atoms with E-state index >= 15 is 0 Å². The maximum absolute atomic E-state index is 14.0. The van der Waals surface area contributed by atoms with E-state index in [1.807, 2.05) is 24.4 Å². The number of aryl methyl sites for hydroxylation is 1. The molecule has 9 heteroatoms. The topological polar surface area (TPSA) is 85.7 Å². The van der Waals surface area contributed by atoms with Gasteiger partial charge in [-0.25, -0.2) is 4.98 Å². The Hall–Kier alpha value is -3.82. The molecule has 0 saturated carbocycles. The lowest BCUT2D eigenvalue weighted by atomic mass is 10.1. The Bertz CT molecular complexity index is 1640. The summed E-state index contributed by atoms with van der Waals surface area (Å²) in [4.78, 5) is 23.6. The molecule has 0 unspecified atom stereocenters. The van der Waals surface area contributed by atoms with Gasteiger partial charge < -0.3 is 26.2 Å². The van der Waals surface area contributed by atoms with Gasteiger partial charge in [-0.1, -0.05) is 24.8 Å². The fourth-order valence-electron chi connectivity index (χ4n) is 5.90. The summed E-state index contributed by atoms with van der Waals surface area (Å²) in [5.74, 6) is 0. The summed E-state index contributed by atoms with van der Waals surface area (Å²) >= 11 is 1.70. The summed E-state index contributed by atoms with van der Waals surface area (Å²) in [5.41, 5.74) is 6.16. The van der Waals surface area contributed by atoms with E-state index in [1.165, 1.54) is 17.7 Å². The molecule has 2 aliphatic heterocycles. The van der Waals surface area contributed by atoms with Crippen molar-refractivity contribution in [2.75, 3.05) is 48.7 Å². The SMILES string of the molecule is C=C(NCCN1CCCC1)c1c(=O)c2cc(NCC3Nc4ccccc4N3)cnc2n2c3c(sc12)CCC=C3. The number of pyridine rings is 2. The van der Waals surface area contributed by atoms with E-state index in [4.69, 9.17) is 4.98 Å². The number of benzene rings is 1. The lowest BCUT2D eigenvalue weighted by molar-refractivity contribution is 0.343. The predicted molar refractivity (Wildman–Crippen MR) is 163 cm³/mol. The van der Waals surface area contributed by atoms with E-state index in [9.17, 15) is 4.79 Å². The maximum Gasteiger partial charge on any atom is 0.201 e. The zero-order chi connectivity index (χ0) is 26.3. The maximum atomic E-state index is 14.0. The molecule has 200 valence electrons. The molecule has 0 bridgehead atoms. The van der Waals surface area contributed by atoms with Crippen LogP contribution in [0.4, 0.5) is 17.1 Å². The van der Waals surface area contributed by atoms with Crippen LogP contribution in [-0.4, -0.2) is 53.2 Å². The summed E-state index contributed by atoms with van der Waals surface area (Å²) in [6.07, 6.45) is 10.8. The highest BCUT2D eigenvalue weighted by Crippen LogP contribution is 2.34. The Labute approximate surface area is 231 Å². The minimum Gasteiger partial charge on any atom is -0.384 e. The highest BCUT2D eigenvalue weighted by molar-refractivity contribution is 7.18. The molecule has 4 aromatic rings. The number of nitrogens with one attached hydrogen (secondary N) is 4. The number of hydrogen-bond acceptors (Lipinski definition) is 8. The Morgan fingerprint density at radius 1 is 1.18 bits per heavy atom. The van der Waals surface area contributed by atoms with Crippen molar-refractivity contribution in [1.82, 2.24) is 19.6 Å². The molecule has 1 fully saturated rings. The predicted octanol–water partition coefficient (Wildman–Crippen LogP) is 4.80. The van der Waals surface area contributed by atoms with Gasteiger partial charge in [-0.15, -0.1) is 11.3 Å². The molecule has 1 aromatic carbocycles. The van der Waals surface area contributed by atoms with Crippen molar-refractivity contribution in [3.05, 3.63) is 75.5 Å². The van der Waals surface area contributed by atoms with Gasteiger partial charge in [0.25, 0.3) is 0 Å². The van der Waals surface area contributed by atoms with E-state index in [2.05, 4.69) is 61.4 Å². The van der Waals surface area contributed by atoms with Gasteiger partial charge in [0.2, 0.25) is 5.43 Å². The number of allylic oxidation sites excluding steroid dienone is 1. The van der Waals surface area contributed by atoms with E-state index < -0.39 is 0 Å². The molecule has 3 aliphatic rings. The number of rotatable bonds is 8. The molecule has 0 spiro atoms. The number of thiazole rings is 1. The first-order valence-electron chi connectivity index (χ1n) is 13.8.